The molecule has 120 valence electrons. The van der Waals surface area contributed by atoms with Crippen molar-refractivity contribution >= 4 is 28.2 Å². The number of nitrogen functional groups attached to an aromatic ring is 1. The minimum absolute atomic E-state index is 0.0792. The number of nitrogens with zero attached hydrogens (tertiary/aromatic N) is 2. The molecule has 0 radical (unpaired) electrons. The van der Waals surface area contributed by atoms with Gasteiger partial charge in [0, 0.05) is 18.6 Å². The summed E-state index contributed by atoms with van der Waals surface area (Å²) in [6, 6.07) is 0.333. The molecule has 0 spiro atoms. The Bertz CT molecular complexity index is 470. The standard InChI is InChI=1S/C14H27N5OS/c1-8(2)10(7-19(5)6)17-13(20)11-12(15)18-14(21-11)16-9(3)4/h8-10H,7,15H2,1-6H3,(H,16,18)(H,17,20). The lowest BCUT2D eigenvalue weighted by atomic mass is 10.0. The first-order valence-corrected chi connectivity index (χ1v) is 8.00. The number of rotatable bonds is 7. The summed E-state index contributed by atoms with van der Waals surface area (Å²) in [6.07, 6.45) is 0. The van der Waals surface area contributed by atoms with E-state index in [2.05, 4.69) is 34.4 Å². The molecule has 4 N–H and O–H groups in total. The van der Waals surface area contributed by atoms with Crippen molar-refractivity contribution in [2.75, 3.05) is 31.7 Å². The monoisotopic (exact) mass is 313 g/mol. The summed E-state index contributed by atoms with van der Waals surface area (Å²) >= 11 is 1.30. The first-order valence-electron chi connectivity index (χ1n) is 7.19. The number of nitrogens with two attached hydrogens (primary N) is 1. The summed E-state index contributed by atoms with van der Waals surface area (Å²) < 4.78 is 0. The van der Waals surface area contributed by atoms with Gasteiger partial charge in [-0.1, -0.05) is 25.2 Å². The van der Waals surface area contributed by atoms with Gasteiger partial charge in [0.1, 0.15) is 10.7 Å². The molecule has 6 nitrogen and oxygen atoms in total. The molecule has 0 aromatic carbocycles. The average Bonchev–Trinajstić information content (AvgIpc) is 2.67. The Hall–Kier alpha value is -1.34. The average molecular weight is 313 g/mol. The van der Waals surface area contributed by atoms with Gasteiger partial charge in [-0.15, -0.1) is 0 Å². The van der Waals surface area contributed by atoms with Crippen molar-refractivity contribution in [3.05, 3.63) is 4.88 Å². The Balaban J connectivity index is 2.80. The number of carbonyl (C=O) groups is 1. The number of carbonyl (C=O) groups excluding carboxylic acids is 1. The topological polar surface area (TPSA) is 83.3 Å². The minimum Gasteiger partial charge on any atom is -0.382 e. The lowest BCUT2D eigenvalue weighted by Crippen LogP contribution is -2.44. The molecule has 1 unspecified atom stereocenters. The number of nitrogens with one attached hydrogen (secondary N) is 2. The summed E-state index contributed by atoms with van der Waals surface area (Å²) in [7, 11) is 3.99. The van der Waals surface area contributed by atoms with Crippen molar-refractivity contribution in [2.45, 2.75) is 39.8 Å². The van der Waals surface area contributed by atoms with E-state index in [0.717, 1.165) is 6.54 Å². The van der Waals surface area contributed by atoms with Crippen molar-refractivity contribution in [1.29, 1.82) is 0 Å². The van der Waals surface area contributed by atoms with Gasteiger partial charge in [0.2, 0.25) is 0 Å². The van der Waals surface area contributed by atoms with Crippen LogP contribution in [0.5, 0.6) is 0 Å². The molecule has 0 aliphatic rings. The van der Waals surface area contributed by atoms with Gasteiger partial charge in [-0.05, 0) is 33.9 Å². The smallest absolute Gasteiger partial charge is 0.265 e. The van der Waals surface area contributed by atoms with E-state index in [0.29, 0.717) is 15.9 Å². The fraction of sp³-hybridized carbons (Fsp3) is 0.714. The van der Waals surface area contributed by atoms with Gasteiger partial charge in [0.25, 0.3) is 5.91 Å². The third-order valence-electron chi connectivity index (χ3n) is 2.95. The summed E-state index contributed by atoms with van der Waals surface area (Å²) in [5.41, 5.74) is 5.86. The number of thiazole rings is 1. The van der Waals surface area contributed by atoms with Gasteiger partial charge < -0.3 is 21.3 Å². The second-order valence-electron chi connectivity index (χ2n) is 6.12. The number of anilines is 2. The number of aromatic nitrogens is 1. The Kier molecular flexibility index (Phi) is 6.42. The molecule has 0 bridgehead atoms. The molecule has 7 heteroatoms. The highest BCUT2D eigenvalue weighted by atomic mass is 32.1. The van der Waals surface area contributed by atoms with Crippen molar-refractivity contribution in [3.8, 4) is 0 Å². The maximum absolute atomic E-state index is 12.4. The highest BCUT2D eigenvalue weighted by molar-refractivity contribution is 7.18. The Morgan fingerprint density at radius 2 is 1.95 bits per heavy atom. The van der Waals surface area contributed by atoms with Gasteiger partial charge in [-0.2, -0.15) is 0 Å². The largest absolute Gasteiger partial charge is 0.382 e. The molecular weight excluding hydrogens is 286 g/mol. The van der Waals surface area contributed by atoms with Crippen LogP contribution in [-0.2, 0) is 0 Å². The molecule has 1 amide bonds. The third kappa shape index (κ3) is 5.51. The van der Waals surface area contributed by atoms with Crippen LogP contribution in [0.4, 0.5) is 10.9 Å². The zero-order valence-electron chi connectivity index (χ0n) is 13.7. The van der Waals surface area contributed by atoms with Crippen LogP contribution >= 0.6 is 11.3 Å². The highest BCUT2D eigenvalue weighted by Crippen LogP contribution is 2.25. The summed E-state index contributed by atoms with van der Waals surface area (Å²) in [5, 5.41) is 6.90. The molecule has 1 rings (SSSR count). The van der Waals surface area contributed by atoms with E-state index in [1.54, 1.807) is 0 Å². The van der Waals surface area contributed by atoms with Crippen molar-refractivity contribution in [1.82, 2.24) is 15.2 Å². The maximum atomic E-state index is 12.4. The van der Waals surface area contributed by atoms with E-state index in [9.17, 15) is 4.79 Å². The number of hydrogen-bond acceptors (Lipinski definition) is 6. The molecule has 0 fully saturated rings. The van der Waals surface area contributed by atoms with Crippen LogP contribution in [-0.4, -0.2) is 48.5 Å². The Labute approximate surface area is 131 Å². The quantitative estimate of drug-likeness (QED) is 0.715. The second-order valence-corrected chi connectivity index (χ2v) is 7.12. The van der Waals surface area contributed by atoms with E-state index in [-0.39, 0.29) is 23.8 Å². The van der Waals surface area contributed by atoms with Crippen molar-refractivity contribution < 1.29 is 4.79 Å². The number of hydrogen-bond donors (Lipinski definition) is 3. The van der Waals surface area contributed by atoms with E-state index < -0.39 is 0 Å². The summed E-state index contributed by atoms with van der Waals surface area (Å²) in [4.78, 5) is 19.1. The molecule has 0 saturated carbocycles. The van der Waals surface area contributed by atoms with Crippen LogP contribution in [0.15, 0.2) is 0 Å². The van der Waals surface area contributed by atoms with Crippen LogP contribution in [0.1, 0.15) is 37.4 Å². The minimum atomic E-state index is -0.151. The summed E-state index contributed by atoms with van der Waals surface area (Å²) in [5.74, 6) is 0.481. The first kappa shape index (κ1) is 17.7. The van der Waals surface area contributed by atoms with Crippen LogP contribution in [0.2, 0.25) is 0 Å². The molecule has 0 aliphatic carbocycles. The highest BCUT2D eigenvalue weighted by Gasteiger charge is 2.22. The molecule has 1 aromatic heterocycles. The molecule has 1 aromatic rings. The lowest BCUT2D eigenvalue weighted by Gasteiger charge is -2.25. The van der Waals surface area contributed by atoms with Crippen molar-refractivity contribution in [2.24, 2.45) is 5.92 Å². The lowest BCUT2D eigenvalue weighted by molar-refractivity contribution is 0.0921. The molecule has 1 atom stereocenters. The van der Waals surface area contributed by atoms with Gasteiger partial charge in [-0.25, -0.2) is 4.98 Å². The molecule has 21 heavy (non-hydrogen) atoms. The van der Waals surface area contributed by atoms with Crippen LogP contribution in [0.25, 0.3) is 0 Å². The zero-order chi connectivity index (χ0) is 16.2. The fourth-order valence-corrected chi connectivity index (χ4v) is 2.79. The second kappa shape index (κ2) is 7.61. The van der Waals surface area contributed by atoms with E-state index >= 15 is 0 Å². The number of likely N-dealkylation sites (N-methyl/N-ethyl adjacent to an activating group) is 1. The van der Waals surface area contributed by atoms with E-state index in [1.807, 2.05) is 27.9 Å². The van der Waals surface area contributed by atoms with Gasteiger partial charge in [0.15, 0.2) is 5.13 Å². The zero-order valence-corrected chi connectivity index (χ0v) is 14.5. The Morgan fingerprint density at radius 1 is 1.33 bits per heavy atom. The van der Waals surface area contributed by atoms with Gasteiger partial charge in [0.05, 0.1) is 0 Å². The van der Waals surface area contributed by atoms with Crippen molar-refractivity contribution in [3.63, 3.8) is 0 Å². The van der Waals surface area contributed by atoms with Crippen LogP contribution < -0.4 is 16.4 Å². The van der Waals surface area contributed by atoms with E-state index in [4.69, 9.17) is 5.73 Å². The molecule has 0 saturated heterocycles. The van der Waals surface area contributed by atoms with Crippen LogP contribution in [0, 0.1) is 5.92 Å². The predicted octanol–water partition coefficient (Wildman–Crippen LogP) is 1.86. The SMILES string of the molecule is CC(C)Nc1nc(N)c(C(=O)NC(CN(C)C)C(C)C)s1. The predicted molar refractivity (Wildman–Crippen MR) is 89.9 cm³/mol. The molecular formula is C14H27N5OS. The van der Waals surface area contributed by atoms with Crippen LogP contribution in [0.3, 0.4) is 0 Å². The van der Waals surface area contributed by atoms with Gasteiger partial charge in [-0.3, -0.25) is 4.79 Å². The van der Waals surface area contributed by atoms with E-state index in [1.165, 1.54) is 11.3 Å². The summed E-state index contributed by atoms with van der Waals surface area (Å²) in [6.45, 7) is 9.01. The fourth-order valence-electron chi connectivity index (χ4n) is 1.85. The molecule has 1 heterocycles. The first-order chi connectivity index (χ1) is 9.70. The number of amides is 1. The van der Waals surface area contributed by atoms with Gasteiger partial charge >= 0.3 is 0 Å². The molecule has 0 aliphatic heterocycles. The Morgan fingerprint density at radius 3 is 2.43 bits per heavy atom. The maximum Gasteiger partial charge on any atom is 0.265 e. The third-order valence-corrected chi connectivity index (χ3v) is 3.96. The normalized spacial score (nSPS) is 13.0.